The zero-order valence-corrected chi connectivity index (χ0v) is 11.8. The van der Waals surface area contributed by atoms with Gasteiger partial charge in [-0.15, -0.1) is 0 Å². The van der Waals surface area contributed by atoms with Crippen molar-refractivity contribution in [1.82, 2.24) is 4.57 Å². The van der Waals surface area contributed by atoms with Crippen LogP contribution in [0.25, 0.3) is 10.9 Å². The third kappa shape index (κ3) is 2.53. The van der Waals surface area contributed by atoms with Crippen LogP contribution in [0.1, 0.15) is 46.6 Å². The number of nitrogens with zero attached hydrogens (tertiary/aromatic N) is 1. The zero-order valence-electron chi connectivity index (χ0n) is 11.8. The van der Waals surface area contributed by atoms with Crippen molar-refractivity contribution in [3.05, 3.63) is 30.5 Å². The quantitative estimate of drug-likeness (QED) is 0.738. The normalized spacial score (nSPS) is 13.2. The van der Waals surface area contributed by atoms with Gasteiger partial charge in [-0.05, 0) is 45.4 Å². The highest BCUT2D eigenvalue weighted by atomic mass is 16.5. The summed E-state index contributed by atoms with van der Waals surface area (Å²) in [5.74, 6) is 0.991. The Morgan fingerprint density at radius 3 is 2.61 bits per heavy atom. The predicted molar refractivity (Wildman–Crippen MR) is 77.3 cm³/mol. The number of benzene rings is 1. The van der Waals surface area contributed by atoms with E-state index in [0.717, 1.165) is 5.75 Å². The number of fused-ring (bicyclic) bond motifs is 1. The lowest BCUT2D eigenvalue weighted by Gasteiger charge is -2.15. The van der Waals surface area contributed by atoms with Gasteiger partial charge in [-0.3, -0.25) is 0 Å². The number of rotatable bonds is 5. The molecule has 0 saturated heterocycles. The van der Waals surface area contributed by atoms with Crippen molar-refractivity contribution >= 4 is 10.9 Å². The van der Waals surface area contributed by atoms with Gasteiger partial charge in [0.15, 0.2) is 0 Å². The minimum atomic E-state index is 0.215. The van der Waals surface area contributed by atoms with Gasteiger partial charge in [0.1, 0.15) is 5.75 Å². The van der Waals surface area contributed by atoms with Crippen molar-refractivity contribution in [2.75, 3.05) is 0 Å². The number of hydrogen-bond donors (Lipinski definition) is 0. The Kier molecular flexibility index (Phi) is 3.95. The third-order valence-corrected chi connectivity index (χ3v) is 3.27. The fourth-order valence-electron chi connectivity index (χ4n) is 2.46. The molecule has 0 spiro atoms. The van der Waals surface area contributed by atoms with Crippen LogP contribution < -0.4 is 4.74 Å². The summed E-state index contributed by atoms with van der Waals surface area (Å²) in [5.41, 5.74) is 1.27. The number of aromatic nitrogens is 1. The van der Waals surface area contributed by atoms with Gasteiger partial charge in [-0.1, -0.05) is 19.4 Å². The molecule has 0 aliphatic rings. The van der Waals surface area contributed by atoms with Crippen LogP contribution in [-0.2, 0) is 0 Å². The van der Waals surface area contributed by atoms with Crippen LogP contribution in [0, 0.1) is 0 Å². The van der Waals surface area contributed by atoms with Gasteiger partial charge in [-0.2, -0.15) is 0 Å². The lowest BCUT2D eigenvalue weighted by molar-refractivity contribution is 0.245. The fourth-order valence-corrected chi connectivity index (χ4v) is 2.46. The van der Waals surface area contributed by atoms with Gasteiger partial charge in [0.2, 0.25) is 0 Å². The molecule has 2 rings (SSSR count). The van der Waals surface area contributed by atoms with Gasteiger partial charge in [0, 0.05) is 17.6 Å². The summed E-state index contributed by atoms with van der Waals surface area (Å²) in [6.45, 7) is 8.64. The molecule has 0 radical (unpaired) electrons. The highest BCUT2D eigenvalue weighted by Gasteiger charge is 2.11. The maximum absolute atomic E-state index is 5.87. The SMILES string of the molecule is CCCC(C)n1ccc2c(OC(C)C)cccc21. The fraction of sp³-hybridized carbons (Fsp3) is 0.500. The standard InChI is InChI=1S/C16H23NO/c1-5-7-13(4)17-11-10-14-15(17)8-6-9-16(14)18-12(2)3/h6,8-13H,5,7H2,1-4H3. The van der Waals surface area contributed by atoms with Crippen molar-refractivity contribution in [3.63, 3.8) is 0 Å². The van der Waals surface area contributed by atoms with Gasteiger partial charge < -0.3 is 9.30 Å². The zero-order chi connectivity index (χ0) is 13.1. The molecule has 0 aliphatic heterocycles. The highest BCUT2D eigenvalue weighted by Crippen LogP contribution is 2.30. The van der Waals surface area contributed by atoms with Gasteiger partial charge in [0.25, 0.3) is 0 Å². The molecule has 98 valence electrons. The second-order valence-electron chi connectivity index (χ2n) is 5.22. The predicted octanol–water partition coefficient (Wildman–Crippen LogP) is 4.79. The van der Waals surface area contributed by atoms with E-state index in [4.69, 9.17) is 4.74 Å². The maximum Gasteiger partial charge on any atom is 0.129 e. The van der Waals surface area contributed by atoms with Crippen molar-refractivity contribution < 1.29 is 4.74 Å². The monoisotopic (exact) mass is 245 g/mol. The van der Waals surface area contributed by atoms with E-state index in [-0.39, 0.29) is 6.10 Å². The van der Waals surface area contributed by atoms with Crippen LogP contribution in [0.3, 0.4) is 0 Å². The molecule has 0 saturated carbocycles. The summed E-state index contributed by atoms with van der Waals surface area (Å²) in [4.78, 5) is 0. The Labute approximate surface area is 110 Å². The molecule has 1 atom stereocenters. The Morgan fingerprint density at radius 2 is 1.94 bits per heavy atom. The van der Waals surface area contributed by atoms with E-state index in [9.17, 15) is 0 Å². The highest BCUT2D eigenvalue weighted by molar-refractivity contribution is 5.86. The second-order valence-corrected chi connectivity index (χ2v) is 5.22. The van der Waals surface area contributed by atoms with Gasteiger partial charge >= 0.3 is 0 Å². The summed E-state index contributed by atoms with van der Waals surface area (Å²) in [5, 5.41) is 1.22. The maximum atomic E-state index is 5.87. The molecule has 0 amide bonds. The van der Waals surface area contributed by atoms with Crippen LogP contribution in [0.15, 0.2) is 30.5 Å². The summed E-state index contributed by atoms with van der Waals surface area (Å²) in [7, 11) is 0. The minimum Gasteiger partial charge on any atom is -0.490 e. The molecular weight excluding hydrogens is 222 g/mol. The first-order valence-corrected chi connectivity index (χ1v) is 6.89. The van der Waals surface area contributed by atoms with Crippen LogP contribution in [0.2, 0.25) is 0 Å². The Balaban J connectivity index is 2.41. The van der Waals surface area contributed by atoms with Gasteiger partial charge in [0.05, 0.1) is 11.6 Å². The van der Waals surface area contributed by atoms with Crippen LogP contribution in [-0.4, -0.2) is 10.7 Å². The molecule has 1 aromatic heterocycles. The summed E-state index contributed by atoms with van der Waals surface area (Å²) < 4.78 is 8.22. The van der Waals surface area contributed by atoms with Crippen LogP contribution >= 0.6 is 0 Å². The lowest BCUT2D eigenvalue weighted by atomic mass is 10.2. The molecule has 2 heteroatoms. The Bertz CT molecular complexity index is 513. The van der Waals surface area contributed by atoms with Crippen molar-refractivity contribution in [2.45, 2.75) is 52.7 Å². The topological polar surface area (TPSA) is 14.2 Å². The van der Waals surface area contributed by atoms with E-state index < -0.39 is 0 Å². The molecule has 18 heavy (non-hydrogen) atoms. The van der Waals surface area contributed by atoms with E-state index in [1.54, 1.807) is 0 Å². The van der Waals surface area contributed by atoms with E-state index in [1.165, 1.54) is 23.7 Å². The van der Waals surface area contributed by atoms with E-state index in [2.05, 4.69) is 62.7 Å². The molecule has 0 bridgehead atoms. The first kappa shape index (κ1) is 13.0. The van der Waals surface area contributed by atoms with Crippen LogP contribution in [0.4, 0.5) is 0 Å². The molecular formula is C16H23NO. The second kappa shape index (κ2) is 5.47. The Hall–Kier alpha value is -1.44. The molecule has 0 fully saturated rings. The summed E-state index contributed by atoms with van der Waals surface area (Å²) in [6, 6.07) is 9.02. The van der Waals surface area contributed by atoms with Crippen molar-refractivity contribution in [3.8, 4) is 5.75 Å². The van der Waals surface area contributed by atoms with Crippen molar-refractivity contribution in [2.24, 2.45) is 0 Å². The Morgan fingerprint density at radius 1 is 1.17 bits per heavy atom. The lowest BCUT2D eigenvalue weighted by Crippen LogP contribution is -2.06. The molecule has 2 aromatic rings. The van der Waals surface area contributed by atoms with E-state index in [1.807, 2.05) is 0 Å². The first-order valence-electron chi connectivity index (χ1n) is 6.89. The van der Waals surface area contributed by atoms with Crippen molar-refractivity contribution in [1.29, 1.82) is 0 Å². The molecule has 0 aliphatic carbocycles. The minimum absolute atomic E-state index is 0.215. The molecule has 1 heterocycles. The average molecular weight is 245 g/mol. The summed E-state index contributed by atoms with van der Waals surface area (Å²) in [6.07, 6.45) is 4.81. The van der Waals surface area contributed by atoms with E-state index in [0.29, 0.717) is 6.04 Å². The van der Waals surface area contributed by atoms with E-state index >= 15 is 0 Å². The van der Waals surface area contributed by atoms with Gasteiger partial charge in [-0.25, -0.2) is 0 Å². The largest absolute Gasteiger partial charge is 0.490 e. The number of hydrogen-bond acceptors (Lipinski definition) is 1. The molecule has 1 unspecified atom stereocenters. The van der Waals surface area contributed by atoms with Crippen LogP contribution in [0.5, 0.6) is 5.75 Å². The third-order valence-electron chi connectivity index (χ3n) is 3.27. The molecule has 2 nitrogen and oxygen atoms in total. The average Bonchev–Trinajstić information content (AvgIpc) is 2.73. The number of ether oxygens (including phenoxy) is 1. The molecule has 0 N–H and O–H groups in total. The first-order chi connectivity index (χ1) is 8.63. The summed E-state index contributed by atoms with van der Waals surface area (Å²) >= 11 is 0. The smallest absolute Gasteiger partial charge is 0.129 e. The molecule has 1 aromatic carbocycles.